The summed E-state index contributed by atoms with van der Waals surface area (Å²) < 4.78 is 11.1. The molecule has 0 spiro atoms. The molecular weight excluding hydrogens is 292 g/mol. The number of hydrogen-bond donors (Lipinski definition) is 2. The first-order valence-corrected chi connectivity index (χ1v) is 7.71. The van der Waals surface area contributed by atoms with Crippen molar-refractivity contribution in [3.8, 4) is 11.5 Å². The van der Waals surface area contributed by atoms with E-state index >= 15 is 0 Å². The largest absolute Gasteiger partial charge is 0.490 e. The third kappa shape index (κ3) is 5.21. The molecule has 0 aliphatic heterocycles. The summed E-state index contributed by atoms with van der Waals surface area (Å²) in [6, 6.07) is 15.0. The molecule has 122 valence electrons. The van der Waals surface area contributed by atoms with E-state index < -0.39 is 0 Å². The lowest BCUT2D eigenvalue weighted by Gasteiger charge is -2.13. The van der Waals surface area contributed by atoms with Gasteiger partial charge in [-0.3, -0.25) is 4.79 Å². The zero-order valence-corrected chi connectivity index (χ0v) is 13.5. The summed E-state index contributed by atoms with van der Waals surface area (Å²) in [5.41, 5.74) is 1.58. The number of carbonyl (C=O) groups excluding carboxylic acids is 1. The van der Waals surface area contributed by atoms with Crippen LogP contribution in [-0.4, -0.2) is 25.7 Å². The minimum atomic E-state index is -0.125. The maximum atomic E-state index is 12.0. The highest BCUT2D eigenvalue weighted by Crippen LogP contribution is 2.30. The molecule has 0 heterocycles. The third-order valence-corrected chi connectivity index (χ3v) is 3.05. The van der Waals surface area contributed by atoms with E-state index in [1.165, 1.54) is 0 Å². The first-order chi connectivity index (χ1) is 11.2. The summed E-state index contributed by atoms with van der Waals surface area (Å²) >= 11 is 0. The lowest BCUT2D eigenvalue weighted by atomic mass is 10.2. The van der Waals surface area contributed by atoms with Gasteiger partial charge in [0.05, 0.1) is 19.8 Å². The molecule has 23 heavy (non-hydrogen) atoms. The fourth-order valence-electron chi connectivity index (χ4n) is 2.07. The number of nitrogens with one attached hydrogen (secondary N) is 2. The van der Waals surface area contributed by atoms with E-state index in [0.717, 1.165) is 5.69 Å². The molecule has 0 bridgehead atoms. The minimum absolute atomic E-state index is 0.125. The highest BCUT2D eigenvalue weighted by atomic mass is 16.5. The first kappa shape index (κ1) is 16.7. The molecule has 0 radical (unpaired) electrons. The minimum Gasteiger partial charge on any atom is -0.490 e. The summed E-state index contributed by atoms with van der Waals surface area (Å²) in [6.07, 6.45) is 0. The second kappa shape index (κ2) is 8.68. The number of para-hydroxylation sites is 1. The van der Waals surface area contributed by atoms with Crippen molar-refractivity contribution in [2.24, 2.45) is 0 Å². The molecular formula is C18H22N2O3. The van der Waals surface area contributed by atoms with E-state index in [1.54, 1.807) is 18.2 Å². The van der Waals surface area contributed by atoms with Gasteiger partial charge in [-0.25, -0.2) is 0 Å². The SMILES string of the molecule is CCOc1ccc(NC(=O)CNc2ccccc2)cc1OCC. The van der Waals surface area contributed by atoms with Crippen molar-refractivity contribution in [1.82, 2.24) is 0 Å². The summed E-state index contributed by atoms with van der Waals surface area (Å²) in [5.74, 6) is 1.18. The van der Waals surface area contributed by atoms with Crippen LogP contribution >= 0.6 is 0 Å². The van der Waals surface area contributed by atoms with Crippen LogP contribution in [0.25, 0.3) is 0 Å². The predicted octanol–water partition coefficient (Wildman–Crippen LogP) is 3.53. The van der Waals surface area contributed by atoms with Gasteiger partial charge < -0.3 is 20.1 Å². The van der Waals surface area contributed by atoms with Crippen LogP contribution in [0, 0.1) is 0 Å². The van der Waals surface area contributed by atoms with Gasteiger partial charge in [-0.2, -0.15) is 0 Å². The Balaban J connectivity index is 1.96. The number of carbonyl (C=O) groups is 1. The maximum absolute atomic E-state index is 12.0. The van der Waals surface area contributed by atoms with Gasteiger partial charge in [-0.1, -0.05) is 18.2 Å². The van der Waals surface area contributed by atoms with Crippen molar-refractivity contribution in [1.29, 1.82) is 0 Å². The zero-order chi connectivity index (χ0) is 16.5. The summed E-state index contributed by atoms with van der Waals surface area (Å²) in [6.45, 7) is 5.12. The molecule has 0 aliphatic carbocycles. The van der Waals surface area contributed by atoms with E-state index in [1.807, 2.05) is 44.2 Å². The number of amides is 1. The standard InChI is InChI=1S/C18H22N2O3/c1-3-22-16-11-10-15(12-17(16)23-4-2)20-18(21)13-19-14-8-6-5-7-9-14/h5-12,19H,3-4,13H2,1-2H3,(H,20,21). The van der Waals surface area contributed by atoms with Gasteiger partial charge in [0, 0.05) is 17.4 Å². The molecule has 1 amide bonds. The van der Waals surface area contributed by atoms with E-state index in [9.17, 15) is 4.79 Å². The normalized spacial score (nSPS) is 10.0. The van der Waals surface area contributed by atoms with Crippen LogP contribution in [0.15, 0.2) is 48.5 Å². The Bertz CT molecular complexity index is 629. The van der Waals surface area contributed by atoms with Gasteiger partial charge >= 0.3 is 0 Å². The molecule has 0 saturated heterocycles. The van der Waals surface area contributed by atoms with E-state index in [-0.39, 0.29) is 12.5 Å². The van der Waals surface area contributed by atoms with Crippen molar-refractivity contribution in [2.75, 3.05) is 30.4 Å². The van der Waals surface area contributed by atoms with Gasteiger partial charge in [-0.15, -0.1) is 0 Å². The molecule has 2 N–H and O–H groups in total. The van der Waals surface area contributed by atoms with Crippen LogP contribution in [0.2, 0.25) is 0 Å². The molecule has 0 saturated carbocycles. The molecule has 0 aromatic heterocycles. The average molecular weight is 314 g/mol. The molecule has 2 rings (SSSR count). The van der Waals surface area contributed by atoms with Gasteiger partial charge in [0.25, 0.3) is 0 Å². The maximum Gasteiger partial charge on any atom is 0.243 e. The van der Waals surface area contributed by atoms with Crippen LogP contribution in [0.3, 0.4) is 0 Å². The smallest absolute Gasteiger partial charge is 0.243 e. The number of hydrogen-bond acceptors (Lipinski definition) is 4. The van der Waals surface area contributed by atoms with E-state index in [2.05, 4.69) is 10.6 Å². The number of anilines is 2. The van der Waals surface area contributed by atoms with Crippen molar-refractivity contribution in [3.63, 3.8) is 0 Å². The Kier molecular flexibility index (Phi) is 6.29. The molecule has 0 aliphatic rings. The van der Waals surface area contributed by atoms with E-state index in [4.69, 9.17) is 9.47 Å². The fraction of sp³-hybridized carbons (Fsp3) is 0.278. The molecule has 0 atom stereocenters. The fourth-order valence-corrected chi connectivity index (χ4v) is 2.07. The monoisotopic (exact) mass is 314 g/mol. The highest BCUT2D eigenvalue weighted by molar-refractivity contribution is 5.94. The molecule has 0 fully saturated rings. The molecule has 0 unspecified atom stereocenters. The Hall–Kier alpha value is -2.69. The van der Waals surface area contributed by atoms with Crippen molar-refractivity contribution >= 4 is 17.3 Å². The van der Waals surface area contributed by atoms with Crippen LogP contribution in [0.4, 0.5) is 11.4 Å². The summed E-state index contributed by atoms with van der Waals surface area (Å²) in [7, 11) is 0. The molecule has 5 nitrogen and oxygen atoms in total. The van der Waals surface area contributed by atoms with Crippen molar-refractivity contribution in [2.45, 2.75) is 13.8 Å². The van der Waals surface area contributed by atoms with Gasteiger partial charge in [-0.05, 0) is 38.1 Å². The van der Waals surface area contributed by atoms with Crippen LogP contribution in [-0.2, 0) is 4.79 Å². The Labute approximate surface area is 136 Å². The van der Waals surface area contributed by atoms with Crippen LogP contribution in [0.1, 0.15) is 13.8 Å². The Morgan fingerprint density at radius 3 is 2.30 bits per heavy atom. The second-order valence-corrected chi connectivity index (χ2v) is 4.80. The molecule has 2 aromatic carbocycles. The predicted molar refractivity (Wildman–Crippen MR) is 92.3 cm³/mol. The lowest BCUT2D eigenvalue weighted by molar-refractivity contribution is -0.114. The lowest BCUT2D eigenvalue weighted by Crippen LogP contribution is -2.21. The number of ether oxygens (including phenoxy) is 2. The third-order valence-electron chi connectivity index (χ3n) is 3.05. The highest BCUT2D eigenvalue weighted by Gasteiger charge is 2.08. The summed E-state index contributed by atoms with van der Waals surface area (Å²) in [5, 5.41) is 5.91. The van der Waals surface area contributed by atoms with Crippen LogP contribution < -0.4 is 20.1 Å². The quantitative estimate of drug-likeness (QED) is 0.782. The molecule has 5 heteroatoms. The summed E-state index contributed by atoms with van der Waals surface area (Å²) in [4.78, 5) is 12.0. The van der Waals surface area contributed by atoms with E-state index in [0.29, 0.717) is 30.4 Å². The second-order valence-electron chi connectivity index (χ2n) is 4.80. The molecule has 2 aromatic rings. The zero-order valence-electron chi connectivity index (χ0n) is 13.5. The van der Waals surface area contributed by atoms with Gasteiger partial charge in [0.2, 0.25) is 5.91 Å². The van der Waals surface area contributed by atoms with Gasteiger partial charge in [0.1, 0.15) is 0 Å². The Morgan fingerprint density at radius 2 is 1.61 bits per heavy atom. The topological polar surface area (TPSA) is 59.6 Å². The average Bonchev–Trinajstić information content (AvgIpc) is 2.57. The van der Waals surface area contributed by atoms with Crippen LogP contribution in [0.5, 0.6) is 11.5 Å². The first-order valence-electron chi connectivity index (χ1n) is 7.71. The van der Waals surface area contributed by atoms with Crippen molar-refractivity contribution < 1.29 is 14.3 Å². The van der Waals surface area contributed by atoms with Crippen molar-refractivity contribution in [3.05, 3.63) is 48.5 Å². The number of benzene rings is 2. The Morgan fingerprint density at radius 1 is 0.913 bits per heavy atom. The van der Waals surface area contributed by atoms with Gasteiger partial charge in [0.15, 0.2) is 11.5 Å². The number of rotatable bonds is 8.